The highest BCUT2D eigenvalue weighted by Gasteiger charge is 2.24. The summed E-state index contributed by atoms with van der Waals surface area (Å²) in [5.41, 5.74) is 2.49. The number of hydrogen-bond donors (Lipinski definition) is 2. The number of nitrogens with zero attached hydrogens (tertiary/aromatic N) is 3. The molecule has 1 aromatic carbocycles. The third kappa shape index (κ3) is 2.63. The Hall–Kier alpha value is -2.89. The second kappa shape index (κ2) is 5.85. The minimum Gasteiger partial charge on any atom is -0.480 e. The summed E-state index contributed by atoms with van der Waals surface area (Å²) in [7, 11) is 0. The number of hydrogen-bond acceptors (Lipinski definition) is 3. The van der Waals surface area contributed by atoms with E-state index in [0.717, 1.165) is 11.3 Å². The SMILES string of the molecule is Cc1[nH]cnc1-c1nccn1[C@@H](Cc1ccccc1)C(=O)O. The van der Waals surface area contributed by atoms with Crippen molar-refractivity contribution in [3.63, 3.8) is 0 Å². The topological polar surface area (TPSA) is 83.8 Å². The number of carbonyl (C=O) groups is 1. The van der Waals surface area contributed by atoms with Crippen LogP contribution in [0.2, 0.25) is 0 Å². The lowest BCUT2D eigenvalue weighted by Gasteiger charge is -2.16. The van der Waals surface area contributed by atoms with Crippen molar-refractivity contribution in [2.45, 2.75) is 19.4 Å². The zero-order valence-corrected chi connectivity index (χ0v) is 12.1. The molecule has 2 N–H and O–H groups in total. The molecule has 0 fully saturated rings. The Morgan fingerprint density at radius 2 is 2.09 bits per heavy atom. The van der Waals surface area contributed by atoms with Crippen LogP contribution < -0.4 is 0 Å². The van der Waals surface area contributed by atoms with Crippen LogP contribution in [0.3, 0.4) is 0 Å². The van der Waals surface area contributed by atoms with Gasteiger partial charge in [0.2, 0.25) is 0 Å². The molecule has 112 valence electrons. The van der Waals surface area contributed by atoms with Crippen LogP contribution in [0.5, 0.6) is 0 Å². The van der Waals surface area contributed by atoms with Crippen molar-refractivity contribution in [1.29, 1.82) is 0 Å². The fraction of sp³-hybridized carbons (Fsp3) is 0.188. The summed E-state index contributed by atoms with van der Waals surface area (Å²) >= 11 is 0. The van der Waals surface area contributed by atoms with E-state index in [9.17, 15) is 9.90 Å². The normalized spacial score (nSPS) is 12.2. The molecule has 0 saturated carbocycles. The van der Waals surface area contributed by atoms with Crippen molar-refractivity contribution in [2.24, 2.45) is 0 Å². The van der Waals surface area contributed by atoms with Crippen LogP contribution in [-0.4, -0.2) is 30.6 Å². The number of rotatable bonds is 5. The number of aromatic amines is 1. The van der Waals surface area contributed by atoms with E-state index in [1.54, 1.807) is 23.3 Å². The van der Waals surface area contributed by atoms with Crippen LogP contribution in [0.4, 0.5) is 0 Å². The first-order valence-corrected chi connectivity index (χ1v) is 6.96. The summed E-state index contributed by atoms with van der Waals surface area (Å²) in [6.45, 7) is 1.88. The Balaban J connectivity index is 1.99. The van der Waals surface area contributed by atoms with E-state index in [1.807, 2.05) is 37.3 Å². The molecule has 2 aromatic heterocycles. The number of carboxylic acid groups (broad SMARTS) is 1. The zero-order chi connectivity index (χ0) is 15.5. The van der Waals surface area contributed by atoms with Crippen LogP contribution in [-0.2, 0) is 11.2 Å². The predicted octanol–water partition coefficient (Wildman–Crippen LogP) is 2.45. The van der Waals surface area contributed by atoms with Gasteiger partial charge in [0.1, 0.15) is 11.7 Å². The van der Waals surface area contributed by atoms with E-state index in [2.05, 4.69) is 15.0 Å². The quantitative estimate of drug-likeness (QED) is 0.757. The number of aliphatic carboxylic acids is 1. The lowest BCUT2D eigenvalue weighted by Crippen LogP contribution is -2.22. The molecule has 0 aliphatic heterocycles. The van der Waals surface area contributed by atoms with Gasteiger partial charge in [0.05, 0.1) is 6.33 Å². The van der Waals surface area contributed by atoms with Crippen LogP contribution >= 0.6 is 0 Å². The van der Waals surface area contributed by atoms with Gasteiger partial charge in [0, 0.05) is 24.5 Å². The average Bonchev–Trinajstić information content (AvgIpc) is 3.13. The molecular weight excluding hydrogens is 280 g/mol. The third-order valence-electron chi connectivity index (χ3n) is 3.60. The summed E-state index contributed by atoms with van der Waals surface area (Å²) < 4.78 is 1.67. The minimum atomic E-state index is -0.892. The van der Waals surface area contributed by atoms with E-state index in [4.69, 9.17) is 0 Å². The van der Waals surface area contributed by atoms with Crippen molar-refractivity contribution in [3.8, 4) is 11.5 Å². The van der Waals surface area contributed by atoms with Crippen LogP contribution in [0.15, 0.2) is 49.1 Å². The van der Waals surface area contributed by atoms with Gasteiger partial charge >= 0.3 is 5.97 Å². The van der Waals surface area contributed by atoms with Crippen molar-refractivity contribution >= 4 is 5.97 Å². The molecule has 0 aliphatic carbocycles. The van der Waals surface area contributed by atoms with Gasteiger partial charge < -0.3 is 14.7 Å². The lowest BCUT2D eigenvalue weighted by molar-refractivity contribution is -0.140. The molecule has 6 heteroatoms. The second-order valence-electron chi connectivity index (χ2n) is 5.08. The maximum absolute atomic E-state index is 11.7. The number of aryl methyl sites for hydroxylation is 1. The third-order valence-corrected chi connectivity index (χ3v) is 3.60. The van der Waals surface area contributed by atoms with Crippen molar-refractivity contribution < 1.29 is 9.90 Å². The highest BCUT2D eigenvalue weighted by Crippen LogP contribution is 2.24. The molecule has 0 radical (unpaired) electrons. The first kappa shape index (κ1) is 14.1. The summed E-state index contributed by atoms with van der Waals surface area (Å²) in [5, 5.41) is 9.62. The standard InChI is InChI=1S/C16H16N4O2/c1-11-14(19-10-18-11)15-17-7-8-20(15)13(16(21)22)9-12-5-3-2-4-6-12/h2-8,10,13H,9H2,1H3,(H,18,19)(H,21,22)/t13-/m0/s1. The molecule has 3 aromatic rings. The Kier molecular flexibility index (Phi) is 3.74. The van der Waals surface area contributed by atoms with Gasteiger partial charge in [-0.3, -0.25) is 0 Å². The summed E-state index contributed by atoms with van der Waals surface area (Å²) in [6.07, 6.45) is 5.26. The van der Waals surface area contributed by atoms with E-state index in [1.165, 1.54) is 0 Å². The summed E-state index contributed by atoms with van der Waals surface area (Å²) in [5.74, 6) is -0.335. The Labute approximate surface area is 127 Å². The number of aromatic nitrogens is 4. The molecule has 2 heterocycles. The average molecular weight is 296 g/mol. The monoisotopic (exact) mass is 296 g/mol. The van der Waals surface area contributed by atoms with E-state index >= 15 is 0 Å². The Morgan fingerprint density at radius 3 is 2.73 bits per heavy atom. The van der Waals surface area contributed by atoms with Gasteiger partial charge in [-0.15, -0.1) is 0 Å². The summed E-state index contributed by atoms with van der Waals surface area (Å²) in [6, 6.07) is 8.84. The first-order valence-electron chi connectivity index (χ1n) is 6.96. The van der Waals surface area contributed by atoms with Crippen molar-refractivity contribution in [3.05, 3.63) is 60.3 Å². The highest BCUT2D eigenvalue weighted by atomic mass is 16.4. The molecule has 0 aliphatic rings. The van der Waals surface area contributed by atoms with Gasteiger partial charge in [-0.1, -0.05) is 30.3 Å². The van der Waals surface area contributed by atoms with E-state index in [-0.39, 0.29) is 0 Å². The maximum Gasteiger partial charge on any atom is 0.327 e. The van der Waals surface area contributed by atoms with Crippen LogP contribution in [0, 0.1) is 6.92 Å². The zero-order valence-electron chi connectivity index (χ0n) is 12.1. The molecule has 0 unspecified atom stereocenters. The molecule has 0 saturated heterocycles. The van der Waals surface area contributed by atoms with E-state index in [0.29, 0.717) is 17.9 Å². The van der Waals surface area contributed by atoms with Crippen molar-refractivity contribution in [2.75, 3.05) is 0 Å². The molecule has 1 atom stereocenters. The molecule has 3 rings (SSSR count). The van der Waals surface area contributed by atoms with Crippen LogP contribution in [0.25, 0.3) is 11.5 Å². The smallest absolute Gasteiger partial charge is 0.327 e. The Bertz CT molecular complexity index is 776. The van der Waals surface area contributed by atoms with E-state index < -0.39 is 12.0 Å². The minimum absolute atomic E-state index is 0.392. The molecule has 22 heavy (non-hydrogen) atoms. The maximum atomic E-state index is 11.7. The number of nitrogens with one attached hydrogen (secondary N) is 1. The number of carboxylic acids is 1. The fourth-order valence-corrected chi connectivity index (χ4v) is 2.47. The van der Waals surface area contributed by atoms with Gasteiger partial charge in [-0.25, -0.2) is 14.8 Å². The van der Waals surface area contributed by atoms with Crippen LogP contribution in [0.1, 0.15) is 17.3 Å². The number of benzene rings is 1. The molecule has 0 bridgehead atoms. The van der Waals surface area contributed by atoms with Gasteiger partial charge in [0.15, 0.2) is 5.82 Å². The molecule has 0 amide bonds. The Morgan fingerprint density at radius 1 is 1.32 bits per heavy atom. The fourth-order valence-electron chi connectivity index (χ4n) is 2.47. The highest BCUT2D eigenvalue weighted by molar-refractivity contribution is 5.73. The van der Waals surface area contributed by atoms with Gasteiger partial charge in [0.25, 0.3) is 0 Å². The lowest BCUT2D eigenvalue weighted by atomic mass is 10.1. The number of H-pyrrole nitrogens is 1. The van der Waals surface area contributed by atoms with Crippen molar-refractivity contribution in [1.82, 2.24) is 19.5 Å². The van der Waals surface area contributed by atoms with Gasteiger partial charge in [-0.2, -0.15) is 0 Å². The first-order chi connectivity index (χ1) is 10.7. The van der Waals surface area contributed by atoms with Gasteiger partial charge in [-0.05, 0) is 12.5 Å². The largest absolute Gasteiger partial charge is 0.480 e. The molecule has 6 nitrogen and oxygen atoms in total. The number of imidazole rings is 2. The molecule has 0 spiro atoms. The molecular formula is C16H16N4O2. The predicted molar refractivity (Wildman–Crippen MR) is 81.4 cm³/mol. The second-order valence-corrected chi connectivity index (χ2v) is 5.08. The summed E-state index contributed by atoms with van der Waals surface area (Å²) in [4.78, 5) is 23.2.